The van der Waals surface area contributed by atoms with Crippen molar-refractivity contribution in [1.29, 1.82) is 0 Å². The second-order valence-electron chi connectivity index (χ2n) is 4.55. The number of nitrogens with zero attached hydrogens (tertiary/aromatic N) is 2. The minimum atomic E-state index is -0.0246. The summed E-state index contributed by atoms with van der Waals surface area (Å²) in [4.78, 5) is 11.2. The molecular formula is C14H18N4O. The van der Waals surface area contributed by atoms with Gasteiger partial charge in [0.15, 0.2) is 0 Å². The molecule has 1 unspecified atom stereocenters. The summed E-state index contributed by atoms with van der Waals surface area (Å²) in [6.45, 7) is 4.04. The molecular weight excluding hydrogens is 240 g/mol. The first kappa shape index (κ1) is 13.3. The van der Waals surface area contributed by atoms with Crippen molar-refractivity contribution in [3.05, 3.63) is 29.8 Å². The molecule has 1 amide bonds. The van der Waals surface area contributed by atoms with Crippen LogP contribution in [0.5, 0.6) is 0 Å². The van der Waals surface area contributed by atoms with Crippen LogP contribution in [0, 0.1) is 5.92 Å². The van der Waals surface area contributed by atoms with Crippen LogP contribution in [0.3, 0.4) is 0 Å². The number of hydrogen-bond acceptors (Lipinski definition) is 4. The van der Waals surface area contributed by atoms with Gasteiger partial charge in [-0.1, -0.05) is 26.0 Å². The molecule has 0 saturated heterocycles. The number of carbonyl (C=O) groups is 1. The molecule has 5 heteroatoms. The van der Waals surface area contributed by atoms with E-state index in [4.69, 9.17) is 0 Å². The van der Waals surface area contributed by atoms with Gasteiger partial charge in [0.25, 0.3) is 0 Å². The summed E-state index contributed by atoms with van der Waals surface area (Å²) in [5, 5.41) is 8.20. The van der Waals surface area contributed by atoms with Crippen LogP contribution in [0.2, 0.25) is 0 Å². The molecule has 0 fully saturated rings. The quantitative estimate of drug-likeness (QED) is 0.643. The molecule has 2 N–H and O–H groups in total. The maximum absolute atomic E-state index is 11.2. The first-order valence-electron chi connectivity index (χ1n) is 6.45. The van der Waals surface area contributed by atoms with Gasteiger partial charge in [-0.3, -0.25) is 10.2 Å². The maximum Gasteiger partial charge on any atom is 0.240 e. The molecule has 1 aliphatic rings. The van der Waals surface area contributed by atoms with Gasteiger partial charge < -0.3 is 0 Å². The van der Waals surface area contributed by atoms with E-state index in [1.54, 1.807) is 0 Å². The molecule has 1 aromatic carbocycles. The Balaban J connectivity index is 2.10. The summed E-state index contributed by atoms with van der Waals surface area (Å²) in [5.74, 6) is 0.120. The van der Waals surface area contributed by atoms with Crippen molar-refractivity contribution in [2.45, 2.75) is 26.7 Å². The van der Waals surface area contributed by atoms with Gasteiger partial charge in [-0.05, 0) is 24.1 Å². The van der Waals surface area contributed by atoms with Gasteiger partial charge in [0, 0.05) is 18.6 Å². The molecule has 0 bridgehead atoms. The summed E-state index contributed by atoms with van der Waals surface area (Å²) < 4.78 is 0. The second kappa shape index (κ2) is 6.13. The van der Waals surface area contributed by atoms with Crippen LogP contribution in [0.25, 0.3) is 0 Å². The van der Waals surface area contributed by atoms with E-state index in [0.717, 1.165) is 23.4 Å². The Morgan fingerprint density at radius 3 is 2.84 bits per heavy atom. The zero-order valence-corrected chi connectivity index (χ0v) is 11.2. The van der Waals surface area contributed by atoms with Gasteiger partial charge in [0.2, 0.25) is 5.91 Å². The maximum atomic E-state index is 11.2. The summed E-state index contributed by atoms with van der Waals surface area (Å²) >= 11 is 0. The predicted octanol–water partition coefficient (Wildman–Crippen LogP) is 2.35. The van der Waals surface area contributed by atoms with Crippen LogP contribution in [0.15, 0.2) is 34.5 Å². The molecule has 0 spiro atoms. The van der Waals surface area contributed by atoms with Gasteiger partial charge in [-0.15, -0.1) is 0 Å². The first-order valence-corrected chi connectivity index (χ1v) is 6.45. The first-order chi connectivity index (χ1) is 9.20. The van der Waals surface area contributed by atoms with Gasteiger partial charge >= 0.3 is 0 Å². The van der Waals surface area contributed by atoms with Crippen LogP contribution >= 0.6 is 0 Å². The van der Waals surface area contributed by atoms with Crippen LogP contribution in [0.1, 0.15) is 32.3 Å². The smallest absolute Gasteiger partial charge is 0.240 e. The molecule has 1 atom stereocenters. The third-order valence-corrected chi connectivity index (χ3v) is 2.91. The number of nitrogens with one attached hydrogen (secondary N) is 2. The van der Waals surface area contributed by atoms with E-state index in [2.05, 4.69) is 21.1 Å². The lowest BCUT2D eigenvalue weighted by atomic mass is 9.94. The molecule has 1 heterocycles. The van der Waals surface area contributed by atoms with Gasteiger partial charge in [0.05, 0.1) is 11.4 Å². The summed E-state index contributed by atoms with van der Waals surface area (Å²) in [5.41, 5.74) is 8.36. The summed E-state index contributed by atoms with van der Waals surface area (Å²) in [7, 11) is 0. The highest BCUT2D eigenvalue weighted by Gasteiger charge is 2.21. The van der Waals surface area contributed by atoms with E-state index in [9.17, 15) is 4.79 Å². The molecule has 2 rings (SSSR count). The normalized spacial score (nSPS) is 19.2. The topological polar surface area (TPSA) is 65.8 Å². The summed E-state index contributed by atoms with van der Waals surface area (Å²) in [6, 6.07) is 7.87. The van der Waals surface area contributed by atoms with Gasteiger partial charge in [0.1, 0.15) is 0 Å². The Morgan fingerprint density at radius 1 is 1.47 bits per heavy atom. The van der Waals surface area contributed by atoms with Crippen molar-refractivity contribution < 1.29 is 4.79 Å². The molecule has 1 aromatic rings. The molecule has 5 nitrogen and oxygen atoms in total. The summed E-state index contributed by atoms with van der Waals surface area (Å²) in [6.07, 6.45) is 3.20. The Labute approximate surface area is 112 Å². The number of hydrazone groups is 2. The fourth-order valence-electron chi connectivity index (χ4n) is 1.93. The molecule has 0 aromatic heterocycles. The van der Waals surface area contributed by atoms with Gasteiger partial charge in [-0.25, -0.2) is 5.43 Å². The van der Waals surface area contributed by atoms with Crippen LogP contribution in [0.4, 0.5) is 5.69 Å². The fraction of sp³-hybridized carbons (Fsp3) is 0.357. The van der Waals surface area contributed by atoms with E-state index in [-0.39, 0.29) is 11.8 Å². The van der Waals surface area contributed by atoms with Crippen molar-refractivity contribution in [1.82, 2.24) is 5.43 Å². The Morgan fingerprint density at radius 2 is 2.21 bits per heavy atom. The highest BCUT2D eigenvalue weighted by molar-refractivity contribution is 6.05. The Hall–Kier alpha value is -2.17. The van der Waals surface area contributed by atoms with E-state index in [1.165, 1.54) is 0 Å². The Kier molecular flexibility index (Phi) is 4.28. The minimum absolute atomic E-state index is 0.0246. The van der Waals surface area contributed by atoms with E-state index in [0.29, 0.717) is 6.42 Å². The third kappa shape index (κ3) is 3.40. The SMILES string of the molecule is CC/C=N/Nc1ccc(C2=NNC(=O)CC2C)cc1. The van der Waals surface area contributed by atoms with Crippen molar-refractivity contribution in [2.24, 2.45) is 16.1 Å². The molecule has 19 heavy (non-hydrogen) atoms. The monoisotopic (exact) mass is 258 g/mol. The fourth-order valence-corrected chi connectivity index (χ4v) is 1.93. The molecule has 0 radical (unpaired) electrons. The molecule has 1 aliphatic heterocycles. The van der Waals surface area contributed by atoms with Crippen molar-refractivity contribution in [3.8, 4) is 0 Å². The number of hydrogen-bond donors (Lipinski definition) is 2. The minimum Gasteiger partial charge on any atom is -0.279 e. The lowest BCUT2D eigenvalue weighted by Crippen LogP contribution is -2.31. The third-order valence-electron chi connectivity index (χ3n) is 2.91. The number of carbonyl (C=O) groups excluding carboxylic acids is 1. The second-order valence-corrected chi connectivity index (χ2v) is 4.55. The predicted molar refractivity (Wildman–Crippen MR) is 77.3 cm³/mol. The largest absolute Gasteiger partial charge is 0.279 e. The van der Waals surface area contributed by atoms with Crippen LogP contribution in [-0.4, -0.2) is 17.8 Å². The van der Waals surface area contributed by atoms with E-state index >= 15 is 0 Å². The van der Waals surface area contributed by atoms with Gasteiger partial charge in [-0.2, -0.15) is 10.2 Å². The number of benzene rings is 1. The van der Waals surface area contributed by atoms with E-state index < -0.39 is 0 Å². The number of amides is 1. The van der Waals surface area contributed by atoms with Crippen LogP contribution in [-0.2, 0) is 4.79 Å². The molecule has 100 valence electrons. The standard InChI is InChI=1S/C14H18N4O/c1-3-8-15-16-12-6-4-11(5-7-12)14-10(2)9-13(19)17-18-14/h4-8,10,16H,3,9H2,1-2H3,(H,17,19)/b15-8+. The van der Waals surface area contributed by atoms with Crippen molar-refractivity contribution >= 4 is 23.5 Å². The highest BCUT2D eigenvalue weighted by atomic mass is 16.2. The average Bonchev–Trinajstić information content (AvgIpc) is 2.40. The average molecular weight is 258 g/mol. The zero-order chi connectivity index (χ0) is 13.7. The number of rotatable bonds is 4. The van der Waals surface area contributed by atoms with Crippen molar-refractivity contribution in [2.75, 3.05) is 5.43 Å². The van der Waals surface area contributed by atoms with Crippen molar-refractivity contribution in [3.63, 3.8) is 0 Å². The van der Waals surface area contributed by atoms with Crippen LogP contribution < -0.4 is 10.9 Å². The molecule has 0 saturated carbocycles. The zero-order valence-electron chi connectivity index (χ0n) is 11.2. The highest BCUT2D eigenvalue weighted by Crippen LogP contribution is 2.18. The lowest BCUT2D eigenvalue weighted by molar-refractivity contribution is -0.121. The van der Waals surface area contributed by atoms with E-state index in [1.807, 2.05) is 44.3 Å². The number of anilines is 1. The molecule has 0 aliphatic carbocycles. The Bertz CT molecular complexity index is 505. The lowest BCUT2D eigenvalue weighted by Gasteiger charge is -2.19.